The zero-order chi connectivity index (χ0) is 14.4. The molecule has 0 fully saturated rings. The van der Waals surface area contributed by atoms with Gasteiger partial charge in [0.2, 0.25) is 0 Å². The largest absolute Gasteiger partial charge is 0.466 e. The second-order valence-electron chi connectivity index (χ2n) is 4.48. The van der Waals surface area contributed by atoms with Crippen LogP contribution >= 0.6 is 0 Å². The third kappa shape index (κ3) is 3.66. The first kappa shape index (κ1) is 14.2. The minimum atomic E-state index is -0.152. The summed E-state index contributed by atoms with van der Waals surface area (Å²) in [4.78, 5) is 11.3. The van der Waals surface area contributed by atoms with Crippen molar-refractivity contribution in [2.24, 2.45) is 0 Å². The van der Waals surface area contributed by atoms with Gasteiger partial charge >= 0.3 is 5.97 Å². The minimum Gasteiger partial charge on any atom is -0.466 e. The van der Waals surface area contributed by atoms with Crippen LogP contribution in [0.3, 0.4) is 0 Å². The van der Waals surface area contributed by atoms with Crippen molar-refractivity contribution in [2.75, 3.05) is 6.61 Å². The van der Waals surface area contributed by atoms with E-state index in [1.807, 2.05) is 44.3 Å². The maximum atomic E-state index is 11.3. The summed E-state index contributed by atoms with van der Waals surface area (Å²) in [6, 6.07) is 7.97. The second-order valence-corrected chi connectivity index (χ2v) is 4.48. The van der Waals surface area contributed by atoms with Crippen molar-refractivity contribution in [2.45, 2.75) is 33.1 Å². The number of benzene rings is 1. The molecule has 5 heteroatoms. The summed E-state index contributed by atoms with van der Waals surface area (Å²) in [5.41, 5.74) is 3.05. The average Bonchev–Trinajstić information content (AvgIpc) is 2.95. The van der Waals surface area contributed by atoms with Crippen LogP contribution in [0.15, 0.2) is 30.5 Å². The molecule has 106 valence electrons. The normalized spacial score (nSPS) is 10.5. The standard InChI is InChI=1S/C15H19N3O2/c1-3-13-11-18(17-16-13)14-8-5-12(6-9-14)7-10-15(19)20-4-2/h5-6,8-9,11H,3-4,7,10H2,1-2H3. The fourth-order valence-corrected chi connectivity index (χ4v) is 1.88. The van der Waals surface area contributed by atoms with Gasteiger partial charge in [-0.05, 0) is 37.5 Å². The van der Waals surface area contributed by atoms with Crippen molar-refractivity contribution in [3.63, 3.8) is 0 Å². The molecule has 0 radical (unpaired) electrons. The van der Waals surface area contributed by atoms with E-state index >= 15 is 0 Å². The average molecular weight is 273 g/mol. The summed E-state index contributed by atoms with van der Waals surface area (Å²) in [6.45, 7) is 4.30. The maximum absolute atomic E-state index is 11.3. The van der Waals surface area contributed by atoms with E-state index in [0.717, 1.165) is 23.4 Å². The summed E-state index contributed by atoms with van der Waals surface area (Å²) in [5.74, 6) is -0.152. The first-order valence-corrected chi connectivity index (χ1v) is 6.89. The SMILES string of the molecule is CCOC(=O)CCc1ccc(-n2cc(CC)nn2)cc1. The number of ether oxygens (including phenoxy) is 1. The summed E-state index contributed by atoms with van der Waals surface area (Å²) in [6.07, 6.45) is 3.90. The molecule has 0 aliphatic rings. The highest BCUT2D eigenvalue weighted by Crippen LogP contribution is 2.11. The molecule has 2 aromatic rings. The van der Waals surface area contributed by atoms with Gasteiger partial charge in [-0.2, -0.15) is 0 Å². The van der Waals surface area contributed by atoms with Crippen LogP contribution in [-0.4, -0.2) is 27.6 Å². The molecule has 0 aliphatic carbocycles. The predicted molar refractivity (Wildman–Crippen MR) is 75.7 cm³/mol. The molecule has 1 heterocycles. The maximum Gasteiger partial charge on any atom is 0.306 e. The summed E-state index contributed by atoms with van der Waals surface area (Å²) >= 11 is 0. The molecule has 0 unspecified atom stereocenters. The molecule has 2 rings (SSSR count). The van der Waals surface area contributed by atoms with E-state index in [-0.39, 0.29) is 5.97 Å². The Bertz CT molecular complexity index is 561. The molecule has 0 saturated heterocycles. The van der Waals surface area contributed by atoms with Crippen LogP contribution < -0.4 is 0 Å². The molecule has 1 aromatic carbocycles. The highest BCUT2D eigenvalue weighted by Gasteiger charge is 2.04. The van der Waals surface area contributed by atoms with E-state index in [1.54, 1.807) is 4.68 Å². The smallest absolute Gasteiger partial charge is 0.306 e. The summed E-state index contributed by atoms with van der Waals surface area (Å²) in [5, 5.41) is 8.14. The third-order valence-corrected chi connectivity index (χ3v) is 3.03. The van der Waals surface area contributed by atoms with E-state index in [2.05, 4.69) is 10.3 Å². The Morgan fingerprint density at radius 1 is 1.25 bits per heavy atom. The zero-order valence-corrected chi connectivity index (χ0v) is 11.9. The molecule has 20 heavy (non-hydrogen) atoms. The minimum absolute atomic E-state index is 0.152. The van der Waals surface area contributed by atoms with Crippen LogP contribution in [0.4, 0.5) is 0 Å². The monoisotopic (exact) mass is 273 g/mol. The highest BCUT2D eigenvalue weighted by atomic mass is 16.5. The van der Waals surface area contributed by atoms with Gasteiger partial charge in [-0.1, -0.05) is 24.3 Å². The lowest BCUT2D eigenvalue weighted by molar-refractivity contribution is -0.143. The number of carbonyl (C=O) groups is 1. The van der Waals surface area contributed by atoms with Crippen molar-refractivity contribution in [3.8, 4) is 5.69 Å². The van der Waals surface area contributed by atoms with Gasteiger partial charge < -0.3 is 4.74 Å². The van der Waals surface area contributed by atoms with Crippen LogP contribution in [0, 0.1) is 0 Å². The number of hydrogen-bond acceptors (Lipinski definition) is 4. The molecule has 0 spiro atoms. The highest BCUT2D eigenvalue weighted by molar-refractivity contribution is 5.69. The topological polar surface area (TPSA) is 57.0 Å². The Morgan fingerprint density at radius 2 is 2.00 bits per heavy atom. The quantitative estimate of drug-likeness (QED) is 0.758. The molecule has 0 bridgehead atoms. The molecule has 0 amide bonds. The summed E-state index contributed by atoms with van der Waals surface area (Å²) in [7, 11) is 0. The Balaban J connectivity index is 1.97. The Labute approximate surface area is 118 Å². The van der Waals surface area contributed by atoms with Crippen LogP contribution in [0.5, 0.6) is 0 Å². The third-order valence-electron chi connectivity index (χ3n) is 3.03. The molecule has 1 aromatic heterocycles. The van der Waals surface area contributed by atoms with Gasteiger partial charge in [0.25, 0.3) is 0 Å². The molecule has 0 aliphatic heterocycles. The lowest BCUT2D eigenvalue weighted by Crippen LogP contribution is -2.05. The predicted octanol–water partition coefficient (Wildman–Crippen LogP) is 2.33. The Hall–Kier alpha value is -2.17. The zero-order valence-electron chi connectivity index (χ0n) is 11.9. The molecule has 0 saturated carbocycles. The fraction of sp³-hybridized carbons (Fsp3) is 0.400. The van der Waals surface area contributed by atoms with E-state index in [9.17, 15) is 4.79 Å². The number of hydrogen-bond donors (Lipinski definition) is 0. The van der Waals surface area contributed by atoms with Crippen LogP contribution in [0.25, 0.3) is 5.69 Å². The fourth-order valence-electron chi connectivity index (χ4n) is 1.88. The number of esters is 1. The van der Waals surface area contributed by atoms with Crippen molar-refractivity contribution in [3.05, 3.63) is 41.7 Å². The van der Waals surface area contributed by atoms with Crippen molar-refractivity contribution in [1.82, 2.24) is 15.0 Å². The molecular weight excluding hydrogens is 254 g/mol. The number of carbonyl (C=O) groups excluding carboxylic acids is 1. The number of aromatic nitrogens is 3. The lowest BCUT2D eigenvalue weighted by atomic mass is 10.1. The Kier molecular flexibility index (Phi) is 4.87. The number of aryl methyl sites for hydroxylation is 2. The van der Waals surface area contributed by atoms with E-state index in [0.29, 0.717) is 19.4 Å². The number of nitrogens with zero attached hydrogens (tertiary/aromatic N) is 3. The van der Waals surface area contributed by atoms with Gasteiger partial charge in [-0.15, -0.1) is 5.10 Å². The lowest BCUT2D eigenvalue weighted by Gasteiger charge is -2.04. The van der Waals surface area contributed by atoms with E-state index in [1.165, 1.54) is 0 Å². The van der Waals surface area contributed by atoms with Crippen LogP contribution in [-0.2, 0) is 22.4 Å². The first-order valence-electron chi connectivity index (χ1n) is 6.89. The van der Waals surface area contributed by atoms with Gasteiger partial charge in [-0.25, -0.2) is 4.68 Å². The van der Waals surface area contributed by atoms with Gasteiger partial charge in [0, 0.05) is 6.42 Å². The summed E-state index contributed by atoms with van der Waals surface area (Å²) < 4.78 is 6.67. The van der Waals surface area contributed by atoms with Gasteiger partial charge in [-0.3, -0.25) is 4.79 Å². The van der Waals surface area contributed by atoms with Crippen molar-refractivity contribution >= 4 is 5.97 Å². The molecule has 5 nitrogen and oxygen atoms in total. The van der Waals surface area contributed by atoms with Gasteiger partial charge in [0.05, 0.1) is 24.2 Å². The number of rotatable bonds is 6. The van der Waals surface area contributed by atoms with E-state index < -0.39 is 0 Å². The van der Waals surface area contributed by atoms with Crippen molar-refractivity contribution < 1.29 is 9.53 Å². The molecule has 0 N–H and O–H groups in total. The van der Waals surface area contributed by atoms with Crippen LogP contribution in [0.2, 0.25) is 0 Å². The molecule has 0 atom stereocenters. The van der Waals surface area contributed by atoms with Crippen LogP contribution in [0.1, 0.15) is 31.5 Å². The van der Waals surface area contributed by atoms with E-state index in [4.69, 9.17) is 4.74 Å². The van der Waals surface area contributed by atoms with Gasteiger partial charge in [0.15, 0.2) is 0 Å². The van der Waals surface area contributed by atoms with Crippen molar-refractivity contribution in [1.29, 1.82) is 0 Å². The first-order chi connectivity index (χ1) is 9.72. The second kappa shape index (κ2) is 6.84. The Morgan fingerprint density at radius 3 is 2.60 bits per heavy atom. The molecular formula is C15H19N3O2. The van der Waals surface area contributed by atoms with Gasteiger partial charge in [0.1, 0.15) is 0 Å².